The van der Waals surface area contributed by atoms with Crippen molar-refractivity contribution in [1.82, 2.24) is 9.88 Å². The van der Waals surface area contributed by atoms with Crippen molar-refractivity contribution in [1.29, 1.82) is 0 Å². The smallest absolute Gasteiger partial charge is 0.357 e. The normalized spacial score (nSPS) is 14.5. The Morgan fingerprint density at radius 2 is 1.93 bits per heavy atom. The van der Waals surface area contributed by atoms with E-state index in [9.17, 15) is 9.59 Å². The zero-order valence-corrected chi connectivity index (χ0v) is 17.0. The molecule has 3 rings (SSSR count). The molecule has 1 saturated carbocycles. The molecule has 1 aromatic heterocycles. The Labute approximate surface area is 169 Å². The van der Waals surface area contributed by atoms with Crippen LogP contribution in [0.3, 0.4) is 0 Å². The first-order chi connectivity index (χ1) is 13.7. The maximum Gasteiger partial charge on any atom is 0.357 e. The summed E-state index contributed by atoms with van der Waals surface area (Å²) in [6.07, 6.45) is 5.45. The number of rotatable bonds is 8. The minimum atomic E-state index is -0.423. The quantitative estimate of drug-likeness (QED) is 0.623. The van der Waals surface area contributed by atoms with Gasteiger partial charge in [-0.3, -0.25) is 4.79 Å². The molecule has 0 bridgehead atoms. The van der Waals surface area contributed by atoms with Crippen molar-refractivity contribution in [2.75, 3.05) is 13.2 Å². The van der Waals surface area contributed by atoms with Crippen LogP contribution in [-0.2, 0) is 16.1 Å². The number of nitrogens with zero attached hydrogens (tertiary/aromatic N) is 2. The van der Waals surface area contributed by atoms with Crippen molar-refractivity contribution >= 4 is 23.2 Å². The van der Waals surface area contributed by atoms with Crippen molar-refractivity contribution in [3.05, 3.63) is 46.4 Å². The highest BCUT2D eigenvalue weighted by molar-refractivity contribution is 7.09. The fraction of sp³-hybridized carbons (Fsp3) is 0.476. The summed E-state index contributed by atoms with van der Waals surface area (Å²) in [5.41, 5.74) is 0.304. The van der Waals surface area contributed by atoms with Gasteiger partial charge in [-0.15, -0.1) is 11.3 Å². The van der Waals surface area contributed by atoms with Gasteiger partial charge in [-0.25, -0.2) is 9.78 Å². The number of carbonyl (C=O) groups is 2. The summed E-state index contributed by atoms with van der Waals surface area (Å²) in [4.78, 5) is 31.1. The Morgan fingerprint density at radius 3 is 2.64 bits per heavy atom. The topological polar surface area (TPSA) is 68.7 Å². The monoisotopic (exact) mass is 402 g/mol. The van der Waals surface area contributed by atoms with Crippen LogP contribution in [0, 0.1) is 0 Å². The van der Waals surface area contributed by atoms with Crippen LogP contribution >= 0.6 is 11.3 Å². The average molecular weight is 403 g/mol. The van der Waals surface area contributed by atoms with E-state index in [0.29, 0.717) is 24.6 Å². The van der Waals surface area contributed by atoms with E-state index < -0.39 is 5.97 Å². The summed E-state index contributed by atoms with van der Waals surface area (Å²) in [7, 11) is 0. The van der Waals surface area contributed by atoms with Crippen LogP contribution in [0.25, 0.3) is 0 Å². The van der Waals surface area contributed by atoms with Gasteiger partial charge in [0, 0.05) is 11.4 Å². The number of aromatic nitrogens is 1. The number of thiazole rings is 1. The minimum absolute atomic E-state index is 0.00335. The zero-order valence-electron chi connectivity index (χ0n) is 16.1. The Bertz CT molecular complexity index is 772. The van der Waals surface area contributed by atoms with Gasteiger partial charge in [0.1, 0.15) is 10.8 Å². The van der Waals surface area contributed by atoms with Crippen LogP contribution in [0.4, 0.5) is 0 Å². The zero-order chi connectivity index (χ0) is 19.8. The molecule has 0 aliphatic heterocycles. The van der Waals surface area contributed by atoms with Gasteiger partial charge in [-0.1, -0.05) is 37.5 Å². The predicted molar refractivity (Wildman–Crippen MR) is 107 cm³/mol. The van der Waals surface area contributed by atoms with Crippen LogP contribution in [0.15, 0.2) is 35.7 Å². The molecule has 1 aliphatic carbocycles. The van der Waals surface area contributed by atoms with E-state index >= 15 is 0 Å². The largest absolute Gasteiger partial charge is 0.484 e. The van der Waals surface area contributed by atoms with E-state index in [-0.39, 0.29) is 18.6 Å². The van der Waals surface area contributed by atoms with Gasteiger partial charge in [0.2, 0.25) is 0 Å². The third-order valence-corrected chi connectivity index (χ3v) is 5.62. The molecule has 6 nitrogen and oxygen atoms in total. The molecule has 7 heteroatoms. The fourth-order valence-electron chi connectivity index (χ4n) is 3.39. The van der Waals surface area contributed by atoms with Gasteiger partial charge in [0.15, 0.2) is 12.3 Å². The predicted octanol–water partition coefficient (Wildman–Crippen LogP) is 4.06. The van der Waals surface area contributed by atoms with Crippen molar-refractivity contribution in [2.45, 2.75) is 51.6 Å². The van der Waals surface area contributed by atoms with Gasteiger partial charge in [-0.05, 0) is 31.9 Å². The molecular weight excluding hydrogens is 376 g/mol. The van der Waals surface area contributed by atoms with E-state index in [1.807, 2.05) is 35.2 Å². The average Bonchev–Trinajstić information content (AvgIpc) is 3.21. The number of ether oxygens (including phenoxy) is 2. The molecule has 150 valence electrons. The van der Waals surface area contributed by atoms with Gasteiger partial charge in [0.05, 0.1) is 13.2 Å². The fourth-order valence-corrected chi connectivity index (χ4v) is 4.15. The summed E-state index contributed by atoms with van der Waals surface area (Å²) in [5, 5.41) is 2.43. The highest BCUT2D eigenvalue weighted by Gasteiger charge is 2.27. The Balaban J connectivity index is 1.68. The highest BCUT2D eigenvalue weighted by Crippen LogP contribution is 2.25. The number of para-hydroxylation sites is 1. The lowest BCUT2D eigenvalue weighted by Gasteiger charge is -2.33. The third kappa shape index (κ3) is 5.55. The van der Waals surface area contributed by atoms with Crippen LogP contribution in [0.2, 0.25) is 0 Å². The molecule has 1 aliphatic rings. The SMILES string of the molecule is CCOC(=O)c1csc(CN(C(=O)COc2ccccc2)C2CCCCC2)n1. The van der Waals surface area contributed by atoms with Crippen molar-refractivity contribution in [3.8, 4) is 5.75 Å². The first-order valence-electron chi connectivity index (χ1n) is 9.76. The highest BCUT2D eigenvalue weighted by atomic mass is 32.1. The van der Waals surface area contributed by atoms with Gasteiger partial charge in [-0.2, -0.15) is 0 Å². The lowest BCUT2D eigenvalue weighted by Crippen LogP contribution is -2.43. The Hall–Kier alpha value is -2.41. The number of benzene rings is 1. The van der Waals surface area contributed by atoms with Crippen molar-refractivity contribution < 1.29 is 19.1 Å². The van der Waals surface area contributed by atoms with Crippen LogP contribution in [-0.4, -0.2) is 41.0 Å². The molecule has 1 fully saturated rings. The Kier molecular flexibility index (Phi) is 7.42. The standard InChI is InChI=1S/C21H26N2O4S/c1-2-26-21(25)18-15-28-19(22-18)13-23(16-9-5-3-6-10-16)20(24)14-27-17-11-7-4-8-12-17/h4,7-8,11-12,15-16H,2-3,5-6,9-10,13-14H2,1H3. The molecule has 28 heavy (non-hydrogen) atoms. The maximum atomic E-state index is 12.9. The van der Waals surface area contributed by atoms with Gasteiger partial charge in [0.25, 0.3) is 5.91 Å². The maximum absolute atomic E-state index is 12.9. The van der Waals surface area contributed by atoms with Crippen molar-refractivity contribution in [3.63, 3.8) is 0 Å². The molecular formula is C21H26N2O4S. The molecule has 0 atom stereocenters. The molecule has 0 spiro atoms. The van der Waals surface area contributed by atoms with Crippen molar-refractivity contribution in [2.24, 2.45) is 0 Å². The third-order valence-electron chi connectivity index (χ3n) is 4.78. The second-order valence-corrected chi connectivity index (χ2v) is 7.70. The molecule has 1 amide bonds. The summed E-state index contributed by atoms with van der Waals surface area (Å²) in [5.74, 6) is 0.204. The lowest BCUT2D eigenvalue weighted by molar-refractivity contribution is -0.137. The second-order valence-electron chi connectivity index (χ2n) is 6.76. The van der Waals surface area contributed by atoms with Crippen LogP contribution < -0.4 is 4.74 Å². The summed E-state index contributed by atoms with van der Waals surface area (Å²) in [6, 6.07) is 9.54. The first-order valence-corrected chi connectivity index (χ1v) is 10.6. The molecule has 1 aromatic carbocycles. The summed E-state index contributed by atoms with van der Waals surface area (Å²) in [6.45, 7) is 2.47. The second kappa shape index (κ2) is 10.2. The summed E-state index contributed by atoms with van der Waals surface area (Å²) < 4.78 is 10.7. The number of carbonyl (C=O) groups excluding carboxylic acids is 2. The van der Waals surface area contributed by atoms with E-state index in [2.05, 4.69) is 4.98 Å². The number of amides is 1. The van der Waals surface area contributed by atoms with Crippen LogP contribution in [0.5, 0.6) is 5.75 Å². The molecule has 2 aromatic rings. The number of hydrogen-bond donors (Lipinski definition) is 0. The summed E-state index contributed by atoms with van der Waals surface area (Å²) >= 11 is 1.38. The van der Waals surface area contributed by atoms with E-state index in [4.69, 9.17) is 9.47 Å². The van der Waals surface area contributed by atoms with E-state index in [1.165, 1.54) is 17.8 Å². The molecule has 1 heterocycles. The molecule has 0 saturated heterocycles. The first kappa shape index (κ1) is 20.3. The number of esters is 1. The van der Waals surface area contributed by atoms with E-state index in [1.54, 1.807) is 12.3 Å². The van der Waals surface area contributed by atoms with E-state index in [0.717, 1.165) is 30.7 Å². The molecule has 0 N–H and O–H groups in total. The van der Waals surface area contributed by atoms with Gasteiger partial charge < -0.3 is 14.4 Å². The van der Waals surface area contributed by atoms with Gasteiger partial charge >= 0.3 is 5.97 Å². The van der Waals surface area contributed by atoms with Crippen LogP contribution in [0.1, 0.15) is 54.5 Å². The molecule has 0 unspecified atom stereocenters. The Morgan fingerprint density at radius 1 is 1.18 bits per heavy atom. The minimum Gasteiger partial charge on any atom is -0.484 e. The molecule has 0 radical (unpaired) electrons. The number of hydrogen-bond acceptors (Lipinski definition) is 6. The lowest BCUT2D eigenvalue weighted by atomic mass is 9.94.